The average Bonchev–Trinajstić information content (AvgIpc) is 2.77. The van der Waals surface area contributed by atoms with E-state index in [2.05, 4.69) is 47.6 Å². The second-order valence-electron chi connectivity index (χ2n) is 9.05. The second kappa shape index (κ2) is 11.7. The van der Waals surface area contributed by atoms with Crippen LogP contribution < -0.4 is 10.1 Å². The lowest BCUT2D eigenvalue weighted by Gasteiger charge is -2.43. The van der Waals surface area contributed by atoms with Crippen LogP contribution in [0.1, 0.15) is 56.4 Å². The Morgan fingerprint density at radius 3 is 2.32 bits per heavy atom. The monoisotopic (exact) mass is 468 g/mol. The SMILES string of the molecule is CNC1CCN(CC(c2ccc3cc(OC)ccc3c2)C2(O)CCCCC2)CC1.Cl.Cl. The number of benzene rings is 2. The number of fused-ring (bicyclic) bond motifs is 1. The molecule has 2 aromatic rings. The summed E-state index contributed by atoms with van der Waals surface area (Å²) in [5.41, 5.74) is 0.695. The summed E-state index contributed by atoms with van der Waals surface area (Å²) in [4.78, 5) is 2.57. The molecule has 1 heterocycles. The summed E-state index contributed by atoms with van der Waals surface area (Å²) < 4.78 is 5.38. The van der Waals surface area contributed by atoms with E-state index in [4.69, 9.17) is 4.74 Å². The molecule has 31 heavy (non-hydrogen) atoms. The minimum absolute atomic E-state index is 0. The molecule has 4 nitrogen and oxygen atoms in total. The zero-order chi connectivity index (χ0) is 20.3. The van der Waals surface area contributed by atoms with Crippen LogP contribution in [0.5, 0.6) is 5.75 Å². The average molecular weight is 469 g/mol. The van der Waals surface area contributed by atoms with Gasteiger partial charge in [-0.3, -0.25) is 0 Å². The molecule has 2 aromatic carbocycles. The van der Waals surface area contributed by atoms with Crippen molar-refractivity contribution in [3.8, 4) is 5.75 Å². The van der Waals surface area contributed by atoms with Crippen molar-refractivity contribution in [1.82, 2.24) is 10.2 Å². The second-order valence-corrected chi connectivity index (χ2v) is 9.05. The number of hydrogen-bond donors (Lipinski definition) is 2. The summed E-state index contributed by atoms with van der Waals surface area (Å²) in [7, 11) is 3.78. The van der Waals surface area contributed by atoms with Crippen LogP contribution in [-0.4, -0.2) is 55.4 Å². The van der Waals surface area contributed by atoms with Crippen LogP contribution in [-0.2, 0) is 0 Å². The first-order valence-electron chi connectivity index (χ1n) is 11.3. The van der Waals surface area contributed by atoms with E-state index in [0.717, 1.165) is 51.1 Å². The van der Waals surface area contributed by atoms with E-state index < -0.39 is 5.60 Å². The lowest BCUT2D eigenvalue weighted by atomic mass is 9.72. The molecular formula is C25H38Cl2N2O2. The minimum atomic E-state index is -0.585. The van der Waals surface area contributed by atoms with E-state index in [1.165, 1.54) is 35.6 Å². The number of nitrogens with zero attached hydrogens (tertiary/aromatic N) is 1. The zero-order valence-electron chi connectivity index (χ0n) is 18.8. The number of ether oxygens (including phenoxy) is 1. The van der Waals surface area contributed by atoms with Crippen molar-refractivity contribution in [1.29, 1.82) is 0 Å². The lowest BCUT2D eigenvalue weighted by molar-refractivity contribution is -0.0326. The number of piperidine rings is 1. The summed E-state index contributed by atoms with van der Waals surface area (Å²) in [5, 5.41) is 17.5. The Balaban J connectivity index is 0.00000171. The van der Waals surface area contributed by atoms with Gasteiger partial charge >= 0.3 is 0 Å². The molecule has 1 atom stereocenters. The number of hydrogen-bond acceptors (Lipinski definition) is 4. The largest absolute Gasteiger partial charge is 0.497 e. The topological polar surface area (TPSA) is 44.7 Å². The summed E-state index contributed by atoms with van der Waals surface area (Å²) in [5.74, 6) is 1.06. The third-order valence-electron chi connectivity index (χ3n) is 7.28. The highest BCUT2D eigenvalue weighted by molar-refractivity contribution is 5.86. The molecule has 1 unspecified atom stereocenters. The quantitative estimate of drug-likeness (QED) is 0.614. The molecule has 0 spiro atoms. The number of aliphatic hydroxyl groups is 1. The smallest absolute Gasteiger partial charge is 0.119 e. The summed E-state index contributed by atoms with van der Waals surface area (Å²) in [6, 6.07) is 13.6. The van der Waals surface area contributed by atoms with Gasteiger partial charge in [-0.25, -0.2) is 0 Å². The Bertz CT molecular complexity index is 818. The van der Waals surface area contributed by atoms with Gasteiger partial charge in [0.1, 0.15) is 5.75 Å². The highest BCUT2D eigenvalue weighted by Crippen LogP contribution is 2.41. The Morgan fingerprint density at radius 1 is 1.03 bits per heavy atom. The first-order valence-corrected chi connectivity index (χ1v) is 11.3. The maximum Gasteiger partial charge on any atom is 0.119 e. The Hall–Kier alpha value is -1.04. The van der Waals surface area contributed by atoms with E-state index in [9.17, 15) is 5.11 Å². The van der Waals surface area contributed by atoms with Gasteiger partial charge in [-0.1, -0.05) is 43.5 Å². The fourth-order valence-corrected chi connectivity index (χ4v) is 5.35. The molecule has 174 valence electrons. The van der Waals surface area contributed by atoms with Crippen molar-refractivity contribution in [2.24, 2.45) is 0 Å². The van der Waals surface area contributed by atoms with Crippen molar-refractivity contribution >= 4 is 35.6 Å². The molecule has 2 fully saturated rings. The standard InChI is InChI=1S/C25H36N2O2.2ClH/c1-26-22-10-14-27(15-11-22)18-24(25(28)12-4-3-5-13-25)21-7-6-20-17-23(29-2)9-8-19(20)16-21;;/h6-9,16-17,22,24,26,28H,3-5,10-15,18H2,1-2H3;2*1H. The van der Waals surface area contributed by atoms with Crippen LogP contribution in [0.4, 0.5) is 0 Å². The van der Waals surface area contributed by atoms with Gasteiger partial charge in [-0.2, -0.15) is 0 Å². The number of nitrogens with one attached hydrogen (secondary N) is 1. The van der Waals surface area contributed by atoms with Gasteiger partial charge < -0.3 is 20.1 Å². The van der Waals surface area contributed by atoms with Gasteiger partial charge in [0.2, 0.25) is 0 Å². The Kier molecular flexibility index (Phi) is 9.91. The summed E-state index contributed by atoms with van der Waals surface area (Å²) in [6.07, 6.45) is 7.76. The Morgan fingerprint density at radius 2 is 1.68 bits per heavy atom. The molecule has 1 aliphatic heterocycles. The van der Waals surface area contributed by atoms with Crippen LogP contribution in [0, 0.1) is 0 Å². The molecule has 0 amide bonds. The third kappa shape index (κ3) is 6.06. The fourth-order valence-electron chi connectivity index (χ4n) is 5.35. The molecule has 0 aromatic heterocycles. The van der Waals surface area contributed by atoms with Crippen LogP contribution in [0.25, 0.3) is 10.8 Å². The van der Waals surface area contributed by atoms with Crippen LogP contribution in [0.2, 0.25) is 0 Å². The number of likely N-dealkylation sites (tertiary alicyclic amines) is 1. The third-order valence-corrected chi connectivity index (χ3v) is 7.28. The molecule has 6 heteroatoms. The molecule has 2 aliphatic rings. The van der Waals surface area contributed by atoms with Gasteiger partial charge in [0.05, 0.1) is 12.7 Å². The predicted octanol–water partition coefficient (Wildman–Crippen LogP) is 5.15. The molecule has 1 aliphatic carbocycles. The van der Waals surface area contributed by atoms with Gasteiger partial charge in [0, 0.05) is 18.5 Å². The van der Waals surface area contributed by atoms with Gasteiger partial charge in [-0.15, -0.1) is 24.8 Å². The number of rotatable bonds is 6. The van der Waals surface area contributed by atoms with Crippen molar-refractivity contribution < 1.29 is 9.84 Å². The van der Waals surface area contributed by atoms with Gasteiger partial charge in [0.15, 0.2) is 0 Å². The van der Waals surface area contributed by atoms with Gasteiger partial charge in [0.25, 0.3) is 0 Å². The molecule has 0 radical (unpaired) electrons. The lowest BCUT2D eigenvalue weighted by Crippen LogP contribution is -2.48. The minimum Gasteiger partial charge on any atom is -0.497 e. The molecule has 2 N–H and O–H groups in total. The summed E-state index contributed by atoms with van der Waals surface area (Å²) in [6.45, 7) is 3.18. The first kappa shape index (κ1) is 26.2. The van der Waals surface area contributed by atoms with Gasteiger partial charge in [-0.05, 0) is 74.3 Å². The molecule has 4 rings (SSSR count). The predicted molar refractivity (Wildman–Crippen MR) is 134 cm³/mol. The Labute approximate surface area is 199 Å². The van der Waals surface area contributed by atoms with E-state index in [1.807, 2.05) is 6.07 Å². The molecule has 1 saturated heterocycles. The highest BCUT2D eigenvalue weighted by atomic mass is 35.5. The van der Waals surface area contributed by atoms with E-state index in [0.29, 0.717) is 6.04 Å². The maximum atomic E-state index is 11.7. The number of methoxy groups -OCH3 is 1. The summed E-state index contributed by atoms with van der Waals surface area (Å²) >= 11 is 0. The van der Waals surface area contributed by atoms with Crippen molar-refractivity contribution in [2.45, 2.75) is 62.5 Å². The van der Waals surface area contributed by atoms with Crippen LogP contribution in [0.15, 0.2) is 36.4 Å². The van der Waals surface area contributed by atoms with Crippen molar-refractivity contribution in [2.75, 3.05) is 33.8 Å². The van der Waals surface area contributed by atoms with Crippen molar-refractivity contribution in [3.05, 3.63) is 42.0 Å². The van der Waals surface area contributed by atoms with Crippen LogP contribution in [0.3, 0.4) is 0 Å². The maximum absolute atomic E-state index is 11.7. The molecular weight excluding hydrogens is 431 g/mol. The molecule has 1 saturated carbocycles. The number of halogens is 2. The molecule has 0 bridgehead atoms. The first-order chi connectivity index (χ1) is 14.1. The van der Waals surface area contributed by atoms with E-state index in [-0.39, 0.29) is 30.7 Å². The van der Waals surface area contributed by atoms with E-state index in [1.54, 1.807) is 7.11 Å². The highest BCUT2D eigenvalue weighted by Gasteiger charge is 2.40. The van der Waals surface area contributed by atoms with E-state index >= 15 is 0 Å². The van der Waals surface area contributed by atoms with Crippen LogP contribution >= 0.6 is 24.8 Å². The van der Waals surface area contributed by atoms with Crippen molar-refractivity contribution in [3.63, 3.8) is 0 Å². The zero-order valence-corrected chi connectivity index (χ0v) is 20.4. The normalized spacial score (nSPS) is 20.5. The fraction of sp³-hybridized carbons (Fsp3) is 0.600.